The Hall–Kier alpha value is -2.85. The average Bonchev–Trinajstić information content (AvgIpc) is 2.62. The number of hydrazine groups is 1. The molecule has 3 rings (SSSR count). The van der Waals surface area contributed by atoms with Crippen molar-refractivity contribution >= 4 is 22.6 Å². The molecule has 0 atom stereocenters. The lowest BCUT2D eigenvalue weighted by Gasteiger charge is -2.26. The Morgan fingerprint density at radius 3 is 2.80 bits per heavy atom. The molecule has 0 spiro atoms. The highest BCUT2D eigenvalue weighted by molar-refractivity contribution is 5.96. The van der Waals surface area contributed by atoms with E-state index in [0.29, 0.717) is 38.5 Å². The number of nitro groups is 1. The third kappa shape index (κ3) is 3.35. The molecule has 1 N–H and O–H groups in total. The number of aromatic nitrogens is 2. The lowest BCUT2D eigenvalue weighted by molar-refractivity contribution is -0.385. The first kappa shape index (κ1) is 17.0. The van der Waals surface area contributed by atoms with E-state index < -0.39 is 16.3 Å². The number of aryl methyl sites for hydroxylation is 1. The fourth-order valence-corrected chi connectivity index (χ4v) is 2.64. The second kappa shape index (κ2) is 6.95. The zero-order valence-corrected chi connectivity index (χ0v) is 13.6. The Bertz CT molecular complexity index is 888. The molecule has 0 unspecified atom stereocenters. The van der Waals surface area contributed by atoms with Crippen LogP contribution in [0.1, 0.15) is 17.3 Å². The Morgan fingerprint density at radius 1 is 1.44 bits per heavy atom. The van der Waals surface area contributed by atoms with E-state index in [2.05, 4.69) is 10.4 Å². The molecule has 0 bridgehead atoms. The number of morpholine rings is 1. The molecule has 2 aromatic heterocycles. The summed E-state index contributed by atoms with van der Waals surface area (Å²) >= 11 is 0. The van der Waals surface area contributed by atoms with Gasteiger partial charge in [-0.3, -0.25) is 25.1 Å². The van der Waals surface area contributed by atoms with Gasteiger partial charge in [-0.2, -0.15) is 0 Å². The second-order valence-electron chi connectivity index (χ2n) is 5.52. The van der Waals surface area contributed by atoms with Gasteiger partial charge in [0.1, 0.15) is 17.4 Å². The number of nitrogens with one attached hydrogen (secondary N) is 1. The zero-order chi connectivity index (χ0) is 18.0. The highest BCUT2D eigenvalue weighted by Gasteiger charge is 2.21. The quantitative estimate of drug-likeness (QED) is 0.624. The van der Waals surface area contributed by atoms with Crippen molar-refractivity contribution in [2.75, 3.05) is 26.3 Å². The largest absolute Gasteiger partial charge is 0.379 e. The van der Waals surface area contributed by atoms with Crippen LogP contribution in [-0.2, 0) is 11.3 Å². The molecule has 1 saturated heterocycles. The molecular weight excluding hydrogens is 330 g/mol. The first-order valence-electron chi connectivity index (χ1n) is 7.82. The van der Waals surface area contributed by atoms with Crippen LogP contribution in [-0.4, -0.2) is 51.7 Å². The number of hydrogen-bond donors (Lipinski definition) is 1. The van der Waals surface area contributed by atoms with Crippen molar-refractivity contribution in [2.45, 2.75) is 13.5 Å². The van der Waals surface area contributed by atoms with E-state index in [1.807, 2.05) is 6.92 Å². The number of carbonyl (C=O) groups is 1. The van der Waals surface area contributed by atoms with Crippen molar-refractivity contribution in [3.8, 4) is 0 Å². The molecule has 3 heterocycles. The van der Waals surface area contributed by atoms with Crippen LogP contribution in [0.4, 0.5) is 5.69 Å². The summed E-state index contributed by atoms with van der Waals surface area (Å²) in [4.78, 5) is 39.5. The standard InChI is InChI=1S/C15H17N5O5/c1-2-18-9-12(15(22)17-19-3-5-25-6-4-19)13(21)11-7-10(20(23)24)8-16-14(11)18/h7-9H,2-6H2,1H3,(H,17,22). The van der Waals surface area contributed by atoms with Crippen molar-refractivity contribution in [3.63, 3.8) is 0 Å². The maximum absolute atomic E-state index is 12.7. The number of pyridine rings is 2. The van der Waals surface area contributed by atoms with Crippen molar-refractivity contribution in [1.82, 2.24) is 20.0 Å². The number of carbonyl (C=O) groups excluding carboxylic acids is 1. The van der Waals surface area contributed by atoms with Gasteiger partial charge in [-0.1, -0.05) is 0 Å². The minimum atomic E-state index is -0.622. The number of amides is 1. The highest BCUT2D eigenvalue weighted by atomic mass is 16.6. The topological polar surface area (TPSA) is 120 Å². The maximum Gasteiger partial charge on any atom is 0.288 e. The van der Waals surface area contributed by atoms with E-state index in [9.17, 15) is 19.7 Å². The van der Waals surface area contributed by atoms with Crippen LogP contribution in [0.15, 0.2) is 23.3 Å². The third-order valence-electron chi connectivity index (χ3n) is 3.97. The number of ether oxygens (including phenoxy) is 1. The Kier molecular flexibility index (Phi) is 4.72. The lowest BCUT2D eigenvalue weighted by atomic mass is 10.1. The molecule has 1 aliphatic heterocycles. The van der Waals surface area contributed by atoms with E-state index >= 15 is 0 Å². The number of nitrogens with zero attached hydrogens (tertiary/aromatic N) is 4. The predicted octanol–water partition coefficient (Wildman–Crippen LogP) is 0.302. The smallest absolute Gasteiger partial charge is 0.288 e. The van der Waals surface area contributed by atoms with Crippen LogP contribution in [0.25, 0.3) is 11.0 Å². The highest BCUT2D eigenvalue weighted by Crippen LogP contribution is 2.16. The molecule has 1 amide bonds. The Morgan fingerprint density at radius 2 is 2.16 bits per heavy atom. The lowest BCUT2D eigenvalue weighted by Crippen LogP contribution is -2.49. The van der Waals surface area contributed by atoms with Crippen molar-refractivity contribution in [2.24, 2.45) is 0 Å². The summed E-state index contributed by atoms with van der Waals surface area (Å²) in [7, 11) is 0. The molecule has 0 saturated carbocycles. The van der Waals surface area contributed by atoms with Crippen molar-refractivity contribution in [1.29, 1.82) is 0 Å². The second-order valence-corrected chi connectivity index (χ2v) is 5.52. The van der Waals surface area contributed by atoms with Crippen LogP contribution in [0.2, 0.25) is 0 Å². The first-order valence-corrected chi connectivity index (χ1v) is 7.82. The summed E-state index contributed by atoms with van der Waals surface area (Å²) in [6.45, 7) is 4.32. The molecule has 0 radical (unpaired) electrons. The van der Waals surface area contributed by atoms with Gasteiger partial charge in [0.15, 0.2) is 0 Å². The van der Waals surface area contributed by atoms with Gasteiger partial charge in [0.2, 0.25) is 5.43 Å². The Balaban J connectivity index is 2.05. The molecule has 10 nitrogen and oxygen atoms in total. The van der Waals surface area contributed by atoms with Gasteiger partial charge in [-0.25, -0.2) is 9.99 Å². The first-order chi connectivity index (χ1) is 12.0. The van der Waals surface area contributed by atoms with Gasteiger partial charge in [0, 0.05) is 31.9 Å². The normalized spacial score (nSPS) is 15.2. The van der Waals surface area contributed by atoms with Gasteiger partial charge < -0.3 is 9.30 Å². The molecule has 25 heavy (non-hydrogen) atoms. The molecule has 0 aliphatic carbocycles. The zero-order valence-electron chi connectivity index (χ0n) is 13.6. The maximum atomic E-state index is 12.7. The van der Waals surface area contributed by atoms with E-state index in [1.165, 1.54) is 6.20 Å². The summed E-state index contributed by atoms with van der Waals surface area (Å²) in [5.74, 6) is -0.553. The molecule has 1 fully saturated rings. The summed E-state index contributed by atoms with van der Waals surface area (Å²) in [5, 5.41) is 12.7. The van der Waals surface area contributed by atoms with Gasteiger partial charge in [0.25, 0.3) is 11.6 Å². The van der Waals surface area contributed by atoms with Gasteiger partial charge in [0.05, 0.1) is 23.5 Å². The van der Waals surface area contributed by atoms with Gasteiger partial charge in [-0.05, 0) is 6.92 Å². The monoisotopic (exact) mass is 347 g/mol. The number of hydrogen-bond acceptors (Lipinski definition) is 7. The van der Waals surface area contributed by atoms with Crippen LogP contribution >= 0.6 is 0 Å². The fraction of sp³-hybridized carbons (Fsp3) is 0.400. The van der Waals surface area contributed by atoms with E-state index in [0.717, 1.165) is 12.3 Å². The van der Waals surface area contributed by atoms with Crippen molar-refractivity contribution < 1.29 is 14.5 Å². The van der Waals surface area contributed by atoms with E-state index in [4.69, 9.17) is 4.74 Å². The molecule has 1 aliphatic rings. The number of fused-ring (bicyclic) bond motifs is 1. The van der Waals surface area contributed by atoms with Crippen LogP contribution in [0.5, 0.6) is 0 Å². The predicted molar refractivity (Wildman–Crippen MR) is 88.2 cm³/mol. The van der Waals surface area contributed by atoms with Gasteiger partial charge in [-0.15, -0.1) is 0 Å². The summed E-state index contributed by atoms with van der Waals surface area (Å²) < 4.78 is 6.83. The minimum Gasteiger partial charge on any atom is -0.379 e. The van der Waals surface area contributed by atoms with E-state index in [-0.39, 0.29) is 16.6 Å². The molecule has 2 aromatic rings. The minimum absolute atomic E-state index is 0.0469. The number of rotatable bonds is 4. The van der Waals surface area contributed by atoms with E-state index in [1.54, 1.807) is 9.58 Å². The van der Waals surface area contributed by atoms with Crippen LogP contribution < -0.4 is 10.9 Å². The summed E-state index contributed by atoms with van der Waals surface area (Å²) in [5.41, 5.74) is 2.03. The Labute approximate surface area is 142 Å². The molecule has 10 heteroatoms. The van der Waals surface area contributed by atoms with Gasteiger partial charge >= 0.3 is 0 Å². The fourth-order valence-electron chi connectivity index (χ4n) is 2.64. The summed E-state index contributed by atoms with van der Waals surface area (Å²) in [6, 6.07) is 1.16. The molecule has 132 valence electrons. The summed E-state index contributed by atoms with van der Waals surface area (Å²) in [6.07, 6.45) is 2.53. The van der Waals surface area contributed by atoms with Crippen LogP contribution in [0.3, 0.4) is 0 Å². The van der Waals surface area contributed by atoms with Crippen LogP contribution in [0, 0.1) is 10.1 Å². The molecular formula is C15H17N5O5. The average molecular weight is 347 g/mol. The van der Waals surface area contributed by atoms with Crippen molar-refractivity contribution in [3.05, 3.63) is 44.4 Å². The third-order valence-corrected chi connectivity index (χ3v) is 3.97. The SMILES string of the molecule is CCn1cc(C(=O)NN2CCOCC2)c(=O)c2cc([N+](=O)[O-])cnc21. The molecule has 0 aromatic carbocycles.